The molecule has 6 nitrogen and oxygen atoms in total. The van der Waals surface area contributed by atoms with Gasteiger partial charge in [0.2, 0.25) is 0 Å². The number of fused-ring (bicyclic) bond motifs is 12. The smallest absolute Gasteiger partial charge is 0.0973 e. The van der Waals surface area contributed by atoms with Crippen LogP contribution in [0, 0.1) is 0 Å². The summed E-state index contributed by atoms with van der Waals surface area (Å²) in [7, 11) is 0. The highest BCUT2D eigenvalue weighted by Crippen LogP contribution is 2.53. The second-order valence-electron chi connectivity index (χ2n) is 35.6. The normalized spacial score (nSPS) is 12.5. The summed E-state index contributed by atoms with van der Waals surface area (Å²) in [4.78, 5) is 31.1. The minimum atomic E-state index is -0.128. The summed E-state index contributed by atoms with van der Waals surface area (Å²) in [6, 6.07) is 164. The Morgan fingerprint density at radius 3 is 0.720 bits per heavy atom. The Kier molecular flexibility index (Phi) is 20.2. The van der Waals surface area contributed by atoms with Crippen LogP contribution < -0.4 is 0 Å². The third-order valence-corrected chi connectivity index (χ3v) is 26.8. The van der Waals surface area contributed by atoms with Gasteiger partial charge in [0.1, 0.15) is 0 Å². The first-order chi connectivity index (χ1) is 64.9. The molecule has 0 fully saturated rings. The molecule has 3 aromatic heterocycles. The molecule has 2 aliphatic rings. The average Bonchev–Trinajstić information content (AvgIpc) is 1.58. The van der Waals surface area contributed by atoms with Crippen molar-refractivity contribution in [2.75, 3.05) is 0 Å². The van der Waals surface area contributed by atoms with Crippen LogP contribution in [0.5, 0.6) is 0 Å². The third kappa shape index (κ3) is 15.0. The Labute approximate surface area is 768 Å². The van der Waals surface area contributed by atoms with E-state index in [1.54, 1.807) is 0 Å². The van der Waals surface area contributed by atoms with E-state index in [-0.39, 0.29) is 10.8 Å². The summed E-state index contributed by atoms with van der Waals surface area (Å²) >= 11 is 0. The van der Waals surface area contributed by atoms with E-state index >= 15 is 0 Å². The molecular formula is C126H88N6. The van der Waals surface area contributed by atoms with Crippen molar-refractivity contribution in [3.8, 4) is 157 Å². The van der Waals surface area contributed by atoms with E-state index in [2.05, 4.69) is 422 Å². The average molecular weight is 1690 g/mol. The molecule has 2 aliphatic carbocycles. The number of hydrogen-bond donors (Lipinski definition) is 0. The van der Waals surface area contributed by atoms with Crippen molar-refractivity contribution in [1.29, 1.82) is 0 Å². The lowest BCUT2D eigenvalue weighted by Gasteiger charge is -2.22. The molecule has 132 heavy (non-hydrogen) atoms. The molecule has 0 amide bonds. The van der Waals surface area contributed by atoms with Gasteiger partial charge in [0.15, 0.2) is 0 Å². The lowest BCUT2D eigenvalue weighted by Crippen LogP contribution is -2.15. The molecule has 20 aromatic carbocycles. The largest absolute Gasteiger partial charge is 0.244 e. The maximum atomic E-state index is 5.24. The fourth-order valence-corrected chi connectivity index (χ4v) is 19.7. The van der Waals surface area contributed by atoms with Gasteiger partial charge in [0.05, 0.1) is 67.3 Å². The van der Waals surface area contributed by atoms with Gasteiger partial charge in [-0.2, -0.15) is 0 Å². The van der Waals surface area contributed by atoms with Crippen molar-refractivity contribution in [3.05, 3.63) is 483 Å². The first-order valence-electron chi connectivity index (χ1n) is 45.3. The van der Waals surface area contributed by atoms with E-state index in [9.17, 15) is 0 Å². The summed E-state index contributed by atoms with van der Waals surface area (Å²) in [5.74, 6) is 0. The standard InChI is InChI=1S/C44H30N2.C43H30N2.C39H28N2/c1-3-11-31(12-4-1)37-15-9-17-39(29-37)33-21-25-35(26-22-33)43-44(46-42-20-8-7-19-41(42)45-43)36-27-23-34(24-28-36)40-18-10-16-38(30-40)32-13-5-2-6-14-32;1-43(2)37-26-34(21-22-35(37)36-24-31-11-5-6-12-32(31)25-38(36)43)42-41(44-39-13-7-8-14-40(39)45-42)29-18-15-28(16-19-29)33-20-17-27-9-3-4-10-30(27)23-33;1-39(2)33-12-6-5-11-31(33)32-22-21-30(24-34(32)39)38-37(40-35-13-7-8-14-36(35)41-38)27-18-15-26(16-19-27)29-20-17-25-9-3-4-10-28(25)23-29/h1-30H;3-26H,1-2H3;3-24H,1-2H3. The quantitative estimate of drug-likeness (QED) is 0.121. The number of rotatable bonds is 12. The Morgan fingerprint density at radius 2 is 0.356 bits per heavy atom. The van der Waals surface area contributed by atoms with Gasteiger partial charge in [-0.05, 0) is 229 Å². The van der Waals surface area contributed by atoms with Gasteiger partial charge in [-0.15, -0.1) is 0 Å². The van der Waals surface area contributed by atoms with Gasteiger partial charge in [0.25, 0.3) is 0 Å². The zero-order chi connectivity index (χ0) is 88.4. The number of benzene rings is 20. The van der Waals surface area contributed by atoms with E-state index in [4.69, 9.17) is 29.9 Å². The lowest BCUT2D eigenvalue weighted by molar-refractivity contribution is 0.660. The maximum absolute atomic E-state index is 5.24. The van der Waals surface area contributed by atoms with Crippen LogP contribution in [0.3, 0.4) is 0 Å². The minimum Gasteiger partial charge on any atom is -0.244 e. The van der Waals surface area contributed by atoms with Crippen LogP contribution >= 0.6 is 0 Å². The van der Waals surface area contributed by atoms with Gasteiger partial charge < -0.3 is 0 Å². The van der Waals surface area contributed by atoms with Crippen molar-refractivity contribution in [1.82, 2.24) is 29.9 Å². The summed E-state index contributed by atoms with van der Waals surface area (Å²) in [5.41, 5.74) is 42.0. The van der Waals surface area contributed by atoms with Crippen LogP contribution in [-0.2, 0) is 10.8 Å². The van der Waals surface area contributed by atoms with E-state index in [1.165, 1.54) is 144 Å². The van der Waals surface area contributed by atoms with Crippen LogP contribution in [0.1, 0.15) is 49.9 Å². The van der Waals surface area contributed by atoms with Crippen LogP contribution in [0.4, 0.5) is 0 Å². The van der Waals surface area contributed by atoms with Crippen LogP contribution in [0.15, 0.2) is 461 Å². The van der Waals surface area contributed by atoms with Crippen LogP contribution in [-0.4, -0.2) is 29.9 Å². The molecule has 6 heteroatoms. The molecule has 0 bridgehead atoms. The van der Waals surface area contributed by atoms with Gasteiger partial charge in [-0.3, -0.25) is 0 Å². The molecular weight excluding hydrogens is 1600 g/mol. The highest BCUT2D eigenvalue weighted by atomic mass is 14.9. The monoisotopic (exact) mass is 1680 g/mol. The predicted octanol–water partition coefficient (Wildman–Crippen LogP) is 33.0. The predicted molar refractivity (Wildman–Crippen MR) is 551 cm³/mol. The number of hydrogen-bond acceptors (Lipinski definition) is 6. The summed E-state index contributed by atoms with van der Waals surface area (Å²) < 4.78 is 0. The Morgan fingerprint density at radius 1 is 0.129 bits per heavy atom. The first kappa shape index (κ1) is 79.8. The van der Waals surface area contributed by atoms with Crippen molar-refractivity contribution in [2.24, 2.45) is 0 Å². The molecule has 0 unspecified atom stereocenters. The maximum Gasteiger partial charge on any atom is 0.0973 e. The lowest BCUT2D eigenvalue weighted by atomic mass is 9.81. The van der Waals surface area contributed by atoms with E-state index in [1.807, 2.05) is 66.7 Å². The number of nitrogens with zero attached hydrogens (tertiary/aromatic N) is 6. The SMILES string of the molecule is CC1(C)c2cc(-c3nc4ccccc4nc3-c3ccc(-c4ccc5ccccc5c4)cc3)ccc2-c2cc3ccccc3cc21.CC1(C)c2ccccc2-c2ccc(-c3nc4ccccc4nc3-c3ccc(-c4ccc5ccccc5c4)cc3)cc21.c1ccc(-c2cccc(-c3ccc(-c4nc5ccccc5nc4-c4ccc(-c5cccc(-c6ccccc6)c5)cc4)cc3)c2)cc1. The van der Waals surface area contributed by atoms with Crippen molar-refractivity contribution >= 4 is 65.4 Å². The second-order valence-corrected chi connectivity index (χ2v) is 35.6. The summed E-state index contributed by atoms with van der Waals surface area (Å²) in [5, 5.41) is 7.56. The molecule has 0 atom stereocenters. The molecule has 622 valence electrons. The second kappa shape index (κ2) is 33.4. The summed E-state index contributed by atoms with van der Waals surface area (Å²) in [6.07, 6.45) is 0. The molecule has 0 N–H and O–H groups in total. The van der Waals surface area contributed by atoms with Gasteiger partial charge in [0, 0.05) is 44.2 Å². The van der Waals surface area contributed by atoms with Crippen molar-refractivity contribution in [2.45, 2.75) is 38.5 Å². The topological polar surface area (TPSA) is 77.3 Å². The molecule has 0 aliphatic heterocycles. The van der Waals surface area contributed by atoms with Gasteiger partial charge in [-0.1, -0.05) is 404 Å². The molecule has 3 heterocycles. The van der Waals surface area contributed by atoms with E-state index in [0.29, 0.717) is 0 Å². The number of para-hydroxylation sites is 6. The molecule has 25 rings (SSSR count). The first-order valence-corrected chi connectivity index (χ1v) is 45.3. The minimum absolute atomic E-state index is 0.0755. The summed E-state index contributed by atoms with van der Waals surface area (Å²) in [6.45, 7) is 9.32. The molecule has 0 saturated heterocycles. The Balaban J connectivity index is 0.000000112. The fourth-order valence-electron chi connectivity index (χ4n) is 19.7. The highest BCUT2D eigenvalue weighted by Gasteiger charge is 2.38. The Hall–Kier alpha value is -16.8. The van der Waals surface area contributed by atoms with E-state index in [0.717, 1.165) is 101 Å². The highest BCUT2D eigenvalue weighted by molar-refractivity contribution is 5.98. The fraction of sp³-hybridized carbons (Fsp3) is 0.0476. The van der Waals surface area contributed by atoms with Crippen LogP contribution in [0.25, 0.3) is 222 Å². The zero-order valence-electron chi connectivity index (χ0n) is 73.6. The van der Waals surface area contributed by atoms with Crippen molar-refractivity contribution in [3.63, 3.8) is 0 Å². The molecule has 23 aromatic rings. The molecule has 0 saturated carbocycles. The van der Waals surface area contributed by atoms with Crippen LogP contribution in [0.2, 0.25) is 0 Å². The number of aromatic nitrogens is 6. The van der Waals surface area contributed by atoms with E-state index < -0.39 is 0 Å². The zero-order valence-corrected chi connectivity index (χ0v) is 73.6. The molecule has 0 radical (unpaired) electrons. The van der Waals surface area contributed by atoms with Gasteiger partial charge in [-0.25, -0.2) is 29.9 Å². The Bertz CT molecular complexity index is 8250. The van der Waals surface area contributed by atoms with Gasteiger partial charge >= 0.3 is 0 Å². The molecule has 0 spiro atoms. The van der Waals surface area contributed by atoms with Crippen molar-refractivity contribution < 1.29 is 0 Å². The third-order valence-electron chi connectivity index (χ3n) is 26.8.